The van der Waals surface area contributed by atoms with Gasteiger partial charge in [-0.1, -0.05) is 29.8 Å². The van der Waals surface area contributed by atoms with E-state index in [-0.39, 0.29) is 16.8 Å². The van der Waals surface area contributed by atoms with Crippen LogP contribution in [0, 0.1) is 0 Å². The number of benzene rings is 2. The maximum Gasteiger partial charge on any atom is 0.261 e. The SMILES string of the molecule is CC(=O)N1N=C(c2ccc(NS(=O)(=O)c3cccc(Cl)c3)cc2)C[C@H]1c1ccco1. The Morgan fingerprint density at radius 2 is 1.93 bits per heavy atom. The van der Waals surface area contributed by atoms with Gasteiger partial charge in [-0.25, -0.2) is 13.4 Å². The van der Waals surface area contributed by atoms with Gasteiger partial charge in [-0.2, -0.15) is 5.10 Å². The van der Waals surface area contributed by atoms with Gasteiger partial charge in [0.05, 0.1) is 16.9 Å². The van der Waals surface area contributed by atoms with E-state index in [4.69, 9.17) is 16.0 Å². The van der Waals surface area contributed by atoms with E-state index in [9.17, 15) is 13.2 Å². The maximum absolute atomic E-state index is 12.5. The molecule has 1 aliphatic heterocycles. The lowest BCUT2D eigenvalue weighted by atomic mass is 10.0. The fraction of sp³-hybridized carbons (Fsp3) is 0.143. The van der Waals surface area contributed by atoms with E-state index >= 15 is 0 Å². The predicted octanol–water partition coefficient (Wildman–Crippen LogP) is 4.43. The van der Waals surface area contributed by atoms with Crippen LogP contribution in [0.25, 0.3) is 0 Å². The summed E-state index contributed by atoms with van der Waals surface area (Å²) in [5.41, 5.74) is 1.92. The molecule has 0 unspecified atom stereocenters. The molecule has 4 rings (SSSR count). The number of hydrazone groups is 1. The highest BCUT2D eigenvalue weighted by molar-refractivity contribution is 7.92. The monoisotopic (exact) mass is 443 g/mol. The average molecular weight is 444 g/mol. The largest absolute Gasteiger partial charge is 0.467 e. The minimum absolute atomic E-state index is 0.0811. The lowest BCUT2D eigenvalue weighted by molar-refractivity contribution is -0.130. The molecular formula is C21H18ClN3O4S. The topological polar surface area (TPSA) is 92.0 Å². The summed E-state index contributed by atoms with van der Waals surface area (Å²) in [4.78, 5) is 12.1. The van der Waals surface area contributed by atoms with E-state index in [1.54, 1.807) is 48.7 Å². The molecule has 0 saturated carbocycles. The molecule has 1 atom stereocenters. The van der Waals surface area contributed by atoms with Crippen LogP contribution in [0.5, 0.6) is 0 Å². The zero-order valence-electron chi connectivity index (χ0n) is 15.9. The number of hydrogen-bond acceptors (Lipinski definition) is 5. The van der Waals surface area contributed by atoms with Crippen molar-refractivity contribution in [3.8, 4) is 0 Å². The van der Waals surface area contributed by atoms with Gasteiger partial charge in [0.25, 0.3) is 10.0 Å². The van der Waals surface area contributed by atoms with Crippen molar-refractivity contribution in [3.63, 3.8) is 0 Å². The first-order chi connectivity index (χ1) is 14.3. The molecule has 1 amide bonds. The maximum atomic E-state index is 12.5. The van der Waals surface area contributed by atoms with E-state index < -0.39 is 10.0 Å². The van der Waals surface area contributed by atoms with E-state index in [1.165, 1.54) is 24.1 Å². The number of amides is 1. The quantitative estimate of drug-likeness (QED) is 0.631. The normalized spacial score (nSPS) is 16.4. The summed E-state index contributed by atoms with van der Waals surface area (Å²) in [7, 11) is -3.76. The summed E-state index contributed by atoms with van der Waals surface area (Å²) in [6.07, 6.45) is 2.06. The Morgan fingerprint density at radius 3 is 2.57 bits per heavy atom. The van der Waals surface area contributed by atoms with Gasteiger partial charge in [-0.05, 0) is 48.0 Å². The Morgan fingerprint density at radius 1 is 1.17 bits per heavy atom. The molecule has 0 aliphatic carbocycles. The van der Waals surface area contributed by atoms with Gasteiger partial charge in [0, 0.05) is 24.1 Å². The van der Waals surface area contributed by atoms with Crippen molar-refractivity contribution in [3.05, 3.63) is 83.3 Å². The van der Waals surface area contributed by atoms with Gasteiger partial charge in [-0.15, -0.1) is 0 Å². The first-order valence-electron chi connectivity index (χ1n) is 9.13. The Hall–Kier alpha value is -3.10. The van der Waals surface area contributed by atoms with Crippen LogP contribution in [0.4, 0.5) is 5.69 Å². The van der Waals surface area contributed by atoms with Crippen LogP contribution < -0.4 is 4.72 Å². The van der Waals surface area contributed by atoms with Gasteiger partial charge >= 0.3 is 0 Å². The number of nitrogens with zero attached hydrogens (tertiary/aromatic N) is 2. The van der Waals surface area contributed by atoms with Crippen LogP contribution in [0.3, 0.4) is 0 Å². The number of furan rings is 1. The van der Waals surface area contributed by atoms with E-state index in [0.29, 0.717) is 22.9 Å². The number of carbonyl (C=O) groups is 1. The van der Waals surface area contributed by atoms with Crippen LogP contribution in [-0.4, -0.2) is 25.0 Å². The second kappa shape index (κ2) is 7.97. The molecule has 2 heterocycles. The second-order valence-corrected chi connectivity index (χ2v) is 8.90. The molecule has 1 aliphatic rings. The highest BCUT2D eigenvalue weighted by Crippen LogP contribution is 2.33. The van der Waals surface area contributed by atoms with Crippen LogP contribution >= 0.6 is 11.6 Å². The second-order valence-electron chi connectivity index (χ2n) is 6.79. The number of rotatable bonds is 5. The summed E-state index contributed by atoms with van der Waals surface area (Å²) in [5.74, 6) is 0.479. The molecule has 0 saturated heterocycles. The van der Waals surface area contributed by atoms with Crippen molar-refractivity contribution in [2.24, 2.45) is 5.10 Å². The average Bonchev–Trinajstić information content (AvgIpc) is 3.38. The number of hydrogen-bond donors (Lipinski definition) is 1. The predicted molar refractivity (Wildman–Crippen MR) is 114 cm³/mol. The molecule has 2 aromatic carbocycles. The summed E-state index contributed by atoms with van der Waals surface area (Å²) >= 11 is 5.89. The molecule has 7 nitrogen and oxygen atoms in total. The summed E-state index contributed by atoms with van der Waals surface area (Å²) in [5, 5.41) is 6.19. The van der Waals surface area contributed by atoms with Crippen molar-refractivity contribution in [1.82, 2.24) is 5.01 Å². The Balaban J connectivity index is 1.54. The van der Waals surface area contributed by atoms with Crippen LogP contribution in [-0.2, 0) is 14.8 Å². The van der Waals surface area contributed by atoms with Crippen molar-refractivity contribution in [2.45, 2.75) is 24.3 Å². The zero-order valence-corrected chi connectivity index (χ0v) is 17.5. The van der Waals surface area contributed by atoms with Gasteiger partial charge in [0.2, 0.25) is 5.91 Å². The zero-order chi connectivity index (χ0) is 21.3. The van der Waals surface area contributed by atoms with Crippen molar-refractivity contribution in [2.75, 3.05) is 4.72 Å². The summed E-state index contributed by atoms with van der Waals surface area (Å²) < 4.78 is 33.1. The van der Waals surface area contributed by atoms with Gasteiger partial charge in [-0.3, -0.25) is 9.52 Å². The van der Waals surface area contributed by atoms with Crippen molar-refractivity contribution < 1.29 is 17.6 Å². The van der Waals surface area contributed by atoms with Crippen LogP contribution in [0.2, 0.25) is 5.02 Å². The number of anilines is 1. The summed E-state index contributed by atoms with van der Waals surface area (Å²) in [6.45, 7) is 1.45. The third kappa shape index (κ3) is 4.10. The molecule has 30 heavy (non-hydrogen) atoms. The van der Waals surface area contributed by atoms with Gasteiger partial charge in [0.1, 0.15) is 11.8 Å². The minimum Gasteiger partial charge on any atom is -0.467 e. The number of halogens is 1. The lowest BCUT2D eigenvalue weighted by Crippen LogP contribution is -2.23. The third-order valence-corrected chi connectivity index (χ3v) is 6.30. The summed E-state index contributed by atoms with van der Waals surface area (Å²) in [6, 6.07) is 16.2. The fourth-order valence-electron chi connectivity index (χ4n) is 3.26. The van der Waals surface area contributed by atoms with Gasteiger partial charge in [0.15, 0.2) is 0 Å². The van der Waals surface area contributed by atoms with E-state index in [1.807, 2.05) is 6.07 Å². The molecule has 1 aromatic heterocycles. The van der Waals surface area contributed by atoms with Crippen LogP contribution in [0.1, 0.15) is 30.7 Å². The Kier molecular flexibility index (Phi) is 5.36. The smallest absolute Gasteiger partial charge is 0.261 e. The molecule has 1 N–H and O–H groups in total. The number of carbonyl (C=O) groups excluding carboxylic acids is 1. The molecule has 0 spiro atoms. The molecular weight excluding hydrogens is 426 g/mol. The number of nitrogens with one attached hydrogen (secondary N) is 1. The molecule has 9 heteroatoms. The lowest BCUT2D eigenvalue weighted by Gasteiger charge is -2.17. The highest BCUT2D eigenvalue weighted by Gasteiger charge is 2.33. The first-order valence-corrected chi connectivity index (χ1v) is 11.0. The Bertz CT molecular complexity index is 1210. The molecule has 3 aromatic rings. The van der Waals surface area contributed by atoms with E-state index in [2.05, 4.69) is 9.82 Å². The number of sulfonamides is 1. The Labute approximate surface area is 179 Å². The third-order valence-electron chi connectivity index (χ3n) is 4.68. The molecule has 0 bridgehead atoms. The molecule has 154 valence electrons. The van der Waals surface area contributed by atoms with Crippen LogP contribution in [0.15, 0.2) is 81.3 Å². The highest BCUT2D eigenvalue weighted by atomic mass is 35.5. The van der Waals surface area contributed by atoms with Crippen molar-refractivity contribution >= 4 is 38.9 Å². The first kappa shape index (κ1) is 20.2. The van der Waals surface area contributed by atoms with Crippen molar-refractivity contribution in [1.29, 1.82) is 0 Å². The standard InChI is InChI=1S/C21H18ClN3O4S/c1-14(26)25-20(21-6-3-11-29-21)13-19(23-25)15-7-9-17(10-8-15)24-30(27,28)18-5-2-4-16(22)12-18/h2-12,20,24H,13H2,1H3/t20-/m0/s1. The van der Waals surface area contributed by atoms with E-state index in [0.717, 1.165) is 11.3 Å². The minimum atomic E-state index is -3.76. The molecule has 0 radical (unpaired) electrons. The fourth-order valence-corrected chi connectivity index (χ4v) is 4.62. The molecule has 0 fully saturated rings. The van der Waals surface area contributed by atoms with Gasteiger partial charge < -0.3 is 4.42 Å².